The minimum absolute atomic E-state index is 0.343. The molecule has 0 aromatic heterocycles. The highest BCUT2D eigenvalue weighted by atomic mass is 32.2. The molecule has 0 heterocycles. The van der Waals surface area contributed by atoms with Gasteiger partial charge in [0.15, 0.2) is 0 Å². The van der Waals surface area contributed by atoms with Gasteiger partial charge in [0.25, 0.3) is 0 Å². The summed E-state index contributed by atoms with van der Waals surface area (Å²) in [4.78, 5) is 0. The number of hydrogen-bond donors (Lipinski definition) is 1. The van der Waals surface area contributed by atoms with Crippen LogP contribution in [0.5, 0.6) is 0 Å². The van der Waals surface area contributed by atoms with Gasteiger partial charge in [0.05, 0.1) is 6.61 Å². The molecule has 0 aliphatic rings. The monoisotopic (exact) mass is 352 g/mol. The molecule has 0 aliphatic carbocycles. The number of aliphatic hydroxyl groups excluding tert-OH is 1. The number of aliphatic hydroxyl groups is 1. The third-order valence-electron chi connectivity index (χ3n) is 4.03. The number of rotatable bonds is 17. The van der Waals surface area contributed by atoms with Gasteiger partial charge in [0.1, 0.15) is 0 Å². The van der Waals surface area contributed by atoms with E-state index in [0.717, 1.165) is 25.0 Å². The molecular formula is C22H40OS. The van der Waals surface area contributed by atoms with Crippen LogP contribution in [0.25, 0.3) is 0 Å². The van der Waals surface area contributed by atoms with Crippen LogP contribution >= 0.6 is 11.8 Å². The first-order valence-corrected chi connectivity index (χ1v) is 11.1. The standard InChI is InChI=1S/C22H40OS/c1-3-5-6-7-8-9-10-11-12-13-14-15-16-17-18-19-20-22(21-23)24-4-2/h5-6,8-9,11-12,22-23H,3-4,7,10,13-21H2,1-2H3. The van der Waals surface area contributed by atoms with Gasteiger partial charge in [-0.1, -0.05) is 82.4 Å². The Balaban J connectivity index is 3.30. The van der Waals surface area contributed by atoms with Crippen molar-refractivity contribution in [2.75, 3.05) is 12.4 Å². The molecule has 0 aromatic carbocycles. The van der Waals surface area contributed by atoms with Crippen molar-refractivity contribution in [2.24, 2.45) is 0 Å². The predicted octanol–water partition coefficient (Wildman–Crippen LogP) is 7.08. The van der Waals surface area contributed by atoms with Crippen LogP contribution in [0, 0.1) is 0 Å². The van der Waals surface area contributed by atoms with Crippen molar-refractivity contribution < 1.29 is 5.11 Å². The van der Waals surface area contributed by atoms with Gasteiger partial charge in [-0.05, 0) is 44.3 Å². The van der Waals surface area contributed by atoms with Crippen molar-refractivity contribution in [3.8, 4) is 0 Å². The average Bonchev–Trinajstić information content (AvgIpc) is 2.60. The SMILES string of the molecule is CCC=CCC=CCC=CCCCCCCCCC(CO)SCC. The van der Waals surface area contributed by atoms with Crippen LogP contribution in [-0.4, -0.2) is 22.7 Å². The Morgan fingerprint density at radius 3 is 1.96 bits per heavy atom. The summed E-state index contributed by atoms with van der Waals surface area (Å²) in [7, 11) is 0. The molecule has 0 saturated heterocycles. The lowest BCUT2D eigenvalue weighted by Gasteiger charge is -2.11. The van der Waals surface area contributed by atoms with Gasteiger partial charge in [0.2, 0.25) is 0 Å². The van der Waals surface area contributed by atoms with E-state index < -0.39 is 0 Å². The Bertz CT molecular complexity index is 320. The van der Waals surface area contributed by atoms with Gasteiger partial charge < -0.3 is 5.11 Å². The Morgan fingerprint density at radius 2 is 1.33 bits per heavy atom. The van der Waals surface area contributed by atoms with E-state index in [-0.39, 0.29) is 0 Å². The summed E-state index contributed by atoms with van der Waals surface area (Å²) in [6.45, 7) is 4.68. The molecule has 0 aliphatic heterocycles. The molecule has 0 fully saturated rings. The molecule has 1 N–H and O–H groups in total. The molecule has 0 radical (unpaired) electrons. The molecule has 0 saturated carbocycles. The lowest BCUT2D eigenvalue weighted by Crippen LogP contribution is -2.08. The molecule has 0 aromatic rings. The maximum absolute atomic E-state index is 9.25. The first kappa shape index (κ1) is 23.5. The fourth-order valence-corrected chi connectivity index (χ4v) is 3.54. The summed E-state index contributed by atoms with van der Waals surface area (Å²) < 4.78 is 0. The quantitative estimate of drug-likeness (QED) is 0.223. The summed E-state index contributed by atoms with van der Waals surface area (Å²) in [5.41, 5.74) is 0. The number of thioether (sulfide) groups is 1. The minimum atomic E-state index is 0.343. The van der Waals surface area contributed by atoms with Crippen molar-refractivity contribution in [2.45, 2.75) is 89.7 Å². The van der Waals surface area contributed by atoms with Crippen LogP contribution in [0.3, 0.4) is 0 Å². The summed E-state index contributed by atoms with van der Waals surface area (Å²) in [6, 6.07) is 0. The van der Waals surface area contributed by atoms with Gasteiger partial charge in [-0.3, -0.25) is 0 Å². The van der Waals surface area contributed by atoms with Crippen LogP contribution < -0.4 is 0 Å². The third-order valence-corrected chi connectivity index (χ3v) is 5.22. The molecule has 1 unspecified atom stereocenters. The Morgan fingerprint density at radius 1 is 0.750 bits per heavy atom. The first-order valence-electron chi connectivity index (χ1n) is 10.0. The lowest BCUT2D eigenvalue weighted by atomic mass is 10.1. The van der Waals surface area contributed by atoms with E-state index in [4.69, 9.17) is 0 Å². The smallest absolute Gasteiger partial charge is 0.0550 e. The predicted molar refractivity (Wildman–Crippen MR) is 113 cm³/mol. The van der Waals surface area contributed by atoms with E-state index in [2.05, 4.69) is 50.3 Å². The minimum Gasteiger partial charge on any atom is -0.395 e. The van der Waals surface area contributed by atoms with E-state index in [1.807, 2.05) is 11.8 Å². The van der Waals surface area contributed by atoms with E-state index in [9.17, 15) is 5.11 Å². The maximum Gasteiger partial charge on any atom is 0.0550 e. The normalized spacial score (nSPS) is 13.6. The summed E-state index contributed by atoms with van der Waals surface area (Å²) in [6.07, 6.45) is 27.3. The molecule has 0 bridgehead atoms. The molecule has 1 atom stereocenters. The highest BCUT2D eigenvalue weighted by molar-refractivity contribution is 7.99. The first-order chi connectivity index (χ1) is 11.8. The molecule has 0 rings (SSSR count). The zero-order valence-electron chi connectivity index (χ0n) is 16.1. The molecular weight excluding hydrogens is 312 g/mol. The molecule has 0 amide bonds. The van der Waals surface area contributed by atoms with Gasteiger partial charge in [-0.2, -0.15) is 11.8 Å². The lowest BCUT2D eigenvalue weighted by molar-refractivity contribution is 0.288. The highest BCUT2D eigenvalue weighted by Gasteiger charge is 2.05. The summed E-state index contributed by atoms with van der Waals surface area (Å²) >= 11 is 1.90. The van der Waals surface area contributed by atoms with Gasteiger partial charge in [-0.15, -0.1) is 0 Å². The van der Waals surface area contributed by atoms with Gasteiger partial charge in [0, 0.05) is 5.25 Å². The Kier molecular flexibility index (Phi) is 20.2. The van der Waals surface area contributed by atoms with Crippen molar-refractivity contribution in [1.82, 2.24) is 0 Å². The number of hydrogen-bond acceptors (Lipinski definition) is 2. The second-order valence-corrected chi connectivity index (χ2v) is 7.83. The zero-order valence-corrected chi connectivity index (χ0v) is 16.9. The molecule has 1 nitrogen and oxygen atoms in total. The van der Waals surface area contributed by atoms with E-state index in [1.54, 1.807) is 0 Å². The van der Waals surface area contributed by atoms with Crippen molar-refractivity contribution >= 4 is 11.8 Å². The second kappa shape index (κ2) is 20.6. The largest absolute Gasteiger partial charge is 0.395 e. The average molecular weight is 353 g/mol. The van der Waals surface area contributed by atoms with Gasteiger partial charge in [-0.25, -0.2) is 0 Å². The second-order valence-electron chi connectivity index (χ2n) is 6.25. The number of allylic oxidation sites excluding steroid dienone is 6. The van der Waals surface area contributed by atoms with Crippen molar-refractivity contribution in [3.05, 3.63) is 36.5 Å². The molecule has 140 valence electrons. The van der Waals surface area contributed by atoms with E-state index in [0.29, 0.717) is 11.9 Å². The van der Waals surface area contributed by atoms with Crippen LogP contribution in [0.1, 0.15) is 84.5 Å². The van der Waals surface area contributed by atoms with Crippen LogP contribution in [0.2, 0.25) is 0 Å². The third kappa shape index (κ3) is 17.9. The van der Waals surface area contributed by atoms with E-state index >= 15 is 0 Å². The van der Waals surface area contributed by atoms with Crippen molar-refractivity contribution in [1.29, 1.82) is 0 Å². The fourth-order valence-electron chi connectivity index (χ4n) is 2.63. The molecule has 0 spiro atoms. The van der Waals surface area contributed by atoms with Crippen molar-refractivity contribution in [3.63, 3.8) is 0 Å². The molecule has 2 heteroatoms. The van der Waals surface area contributed by atoms with Crippen LogP contribution in [0.4, 0.5) is 0 Å². The van der Waals surface area contributed by atoms with Gasteiger partial charge >= 0.3 is 0 Å². The Hall–Kier alpha value is -0.470. The van der Waals surface area contributed by atoms with E-state index in [1.165, 1.54) is 51.4 Å². The van der Waals surface area contributed by atoms with Crippen LogP contribution in [-0.2, 0) is 0 Å². The zero-order chi connectivity index (χ0) is 17.7. The summed E-state index contributed by atoms with van der Waals surface area (Å²) in [5, 5.41) is 9.72. The number of unbranched alkanes of at least 4 members (excludes halogenated alkanes) is 6. The fraction of sp³-hybridized carbons (Fsp3) is 0.727. The Labute approximate surface area is 155 Å². The maximum atomic E-state index is 9.25. The summed E-state index contributed by atoms with van der Waals surface area (Å²) in [5.74, 6) is 1.12. The van der Waals surface area contributed by atoms with Crippen LogP contribution in [0.15, 0.2) is 36.5 Å². The highest BCUT2D eigenvalue weighted by Crippen LogP contribution is 2.18. The molecule has 24 heavy (non-hydrogen) atoms. The topological polar surface area (TPSA) is 20.2 Å².